The average molecular weight is 277 g/mol. The summed E-state index contributed by atoms with van der Waals surface area (Å²) in [6.07, 6.45) is 3.47. The van der Waals surface area contributed by atoms with Gasteiger partial charge in [-0.05, 0) is 19.4 Å². The lowest BCUT2D eigenvalue weighted by molar-refractivity contribution is -0.276. The molecule has 0 saturated carbocycles. The lowest BCUT2D eigenvalue weighted by atomic mass is 10.0. The maximum atomic E-state index is 6.15. The van der Waals surface area contributed by atoms with Crippen LogP contribution in [0.5, 0.6) is 0 Å². The molecule has 0 bridgehead atoms. The van der Waals surface area contributed by atoms with Crippen molar-refractivity contribution in [3.8, 4) is 0 Å². The monoisotopic (exact) mass is 277 g/mol. The van der Waals surface area contributed by atoms with Crippen molar-refractivity contribution in [1.29, 1.82) is 0 Å². The Morgan fingerprint density at radius 1 is 1.20 bits per heavy atom. The highest BCUT2D eigenvalue weighted by Gasteiger charge is 2.39. The minimum Gasteiger partial charge on any atom is -0.345 e. The first-order valence-corrected chi connectivity index (χ1v) is 7.86. The van der Waals surface area contributed by atoms with Crippen molar-refractivity contribution in [3.63, 3.8) is 0 Å². The number of hydrogen-bond acceptors (Lipinski definition) is 3. The van der Waals surface area contributed by atoms with Gasteiger partial charge in [0.25, 0.3) is 0 Å². The first-order chi connectivity index (χ1) is 9.80. The van der Waals surface area contributed by atoms with Crippen LogP contribution in [0.25, 0.3) is 0 Å². The minimum atomic E-state index is -0.580. The molecule has 1 aromatic carbocycles. The summed E-state index contributed by atoms with van der Waals surface area (Å²) in [5.41, 5.74) is 1.13. The molecular formula is C17H27NO2. The third-order valence-electron chi connectivity index (χ3n) is 3.76. The molecule has 2 rings (SSSR count). The van der Waals surface area contributed by atoms with Gasteiger partial charge in [-0.15, -0.1) is 0 Å². The Balaban J connectivity index is 2.14. The molecule has 0 amide bonds. The third kappa shape index (κ3) is 3.81. The second kappa shape index (κ2) is 7.77. The van der Waals surface area contributed by atoms with E-state index in [0.29, 0.717) is 0 Å². The number of hydrogen-bond donors (Lipinski definition) is 0. The van der Waals surface area contributed by atoms with Gasteiger partial charge in [-0.3, -0.25) is 4.90 Å². The maximum absolute atomic E-state index is 6.15. The Morgan fingerprint density at radius 3 is 2.70 bits per heavy atom. The van der Waals surface area contributed by atoms with Crippen LogP contribution < -0.4 is 0 Å². The molecule has 20 heavy (non-hydrogen) atoms. The molecule has 112 valence electrons. The highest BCUT2D eigenvalue weighted by molar-refractivity contribution is 5.21. The standard InChI is InChI=1S/C17H27NO2/c1-3-5-11-18-12-14-20-17(15-18,19-13-4-2)16-9-7-6-8-10-16/h6-10H,3-5,11-15H2,1-2H3. The molecule has 1 unspecified atom stereocenters. The van der Waals surface area contributed by atoms with E-state index >= 15 is 0 Å². The molecule has 3 heteroatoms. The zero-order chi connectivity index (χ0) is 14.3. The van der Waals surface area contributed by atoms with Crippen LogP contribution in [0.4, 0.5) is 0 Å². The second-order valence-corrected chi connectivity index (χ2v) is 5.45. The summed E-state index contributed by atoms with van der Waals surface area (Å²) in [4.78, 5) is 2.47. The maximum Gasteiger partial charge on any atom is 0.208 e. The molecule has 1 aliphatic heterocycles. The first-order valence-electron chi connectivity index (χ1n) is 7.86. The van der Waals surface area contributed by atoms with Crippen LogP contribution in [0.15, 0.2) is 30.3 Å². The molecule has 0 aromatic heterocycles. The van der Waals surface area contributed by atoms with E-state index in [1.165, 1.54) is 12.8 Å². The van der Waals surface area contributed by atoms with Crippen molar-refractivity contribution < 1.29 is 9.47 Å². The highest BCUT2D eigenvalue weighted by atomic mass is 16.7. The molecule has 0 aliphatic carbocycles. The fourth-order valence-corrected chi connectivity index (χ4v) is 2.64. The molecule has 1 fully saturated rings. The quantitative estimate of drug-likeness (QED) is 0.762. The van der Waals surface area contributed by atoms with Crippen molar-refractivity contribution in [3.05, 3.63) is 35.9 Å². The number of unbranched alkanes of at least 4 members (excludes halogenated alkanes) is 1. The molecule has 1 aromatic rings. The van der Waals surface area contributed by atoms with E-state index in [4.69, 9.17) is 9.47 Å². The Labute approximate surface area is 122 Å². The van der Waals surface area contributed by atoms with Gasteiger partial charge in [0.1, 0.15) is 0 Å². The number of ether oxygens (including phenoxy) is 2. The van der Waals surface area contributed by atoms with Crippen LogP contribution in [-0.4, -0.2) is 37.7 Å². The van der Waals surface area contributed by atoms with Crippen LogP contribution in [0, 0.1) is 0 Å². The van der Waals surface area contributed by atoms with E-state index in [1.807, 2.05) is 6.07 Å². The van der Waals surface area contributed by atoms with Gasteiger partial charge in [0.15, 0.2) is 0 Å². The Hall–Kier alpha value is -0.900. The molecule has 0 radical (unpaired) electrons. The van der Waals surface area contributed by atoms with Gasteiger partial charge in [-0.2, -0.15) is 0 Å². The normalized spacial score (nSPS) is 23.9. The minimum absolute atomic E-state index is 0.580. The van der Waals surface area contributed by atoms with Gasteiger partial charge < -0.3 is 9.47 Å². The van der Waals surface area contributed by atoms with Crippen molar-refractivity contribution in [1.82, 2.24) is 4.90 Å². The smallest absolute Gasteiger partial charge is 0.208 e. The van der Waals surface area contributed by atoms with Crippen molar-refractivity contribution in [2.24, 2.45) is 0 Å². The summed E-state index contributed by atoms with van der Waals surface area (Å²) < 4.78 is 12.3. The summed E-state index contributed by atoms with van der Waals surface area (Å²) >= 11 is 0. The lowest BCUT2D eigenvalue weighted by Crippen LogP contribution is -2.51. The van der Waals surface area contributed by atoms with Gasteiger partial charge in [0.05, 0.1) is 19.8 Å². The van der Waals surface area contributed by atoms with E-state index in [0.717, 1.165) is 44.8 Å². The summed E-state index contributed by atoms with van der Waals surface area (Å²) in [5, 5.41) is 0. The summed E-state index contributed by atoms with van der Waals surface area (Å²) in [6, 6.07) is 10.4. The molecule has 1 aliphatic rings. The molecule has 3 nitrogen and oxygen atoms in total. The Morgan fingerprint density at radius 2 is 2.00 bits per heavy atom. The van der Waals surface area contributed by atoms with Crippen molar-refractivity contribution in [2.45, 2.75) is 38.9 Å². The predicted octanol–water partition coefficient (Wildman–Crippen LogP) is 3.40. The lowest BCUT2D eigenvalue weighted by Gasteiger charge is -2.42. The number of morpholine rings is 1. The van der Waals surface area contributed by atoms with E-state index < -0.39 is 5.79 Å². The van der Waals surface area contributed by atoms with Crippen LogP contribution in [0.3, 0.4) is 0 Å². The zero-order valence-electron chi connectivity index (χ0n) is 12.8. The summed E-state index contributed by atoms with van der Waals surface area (Å²) in [5.74, 6) is -0.580. The van der Waals surface area contributed by atoms with E-state index in [-0.39, 0.29) is 0 Å². The van der Waals surface area contributed by atoms with Crippen molar-refractivity contribution in [2.75, 3.05) is 32.8 Å². The van der Waals surface area contributed by atoms with Gasteiger partial charge in [0, 0.05) is 12.1 Å². The number of rotatable bonds is 7. The largest absolute Gasteiger partial charge is 0.345 e. The van der Waals surface area contributed by atoms with Crippen LogP contribution in [0.1, 0.15) is 38.7 Å². The van der Waals surface area contributed by atoms with Crippen molar-refractivity contribution >= 4 is 0 Å². The summed E-state index contributed by atoms with van der Waals surface area (Å²) in [7, 11) is 0. The number of nitrogens with zero attached hydrogens (tertiary/aromatic N) is 1. The Kier molecular flexibility index (Phi) is 6.02. The van der Waals surface area contributed by atoms with Crippen LogP contribution in [0.2, 0.25) is 0 Å². The zero-order valence-corrected chi connectivity index (χ0v) is 12.8. The highest BCUT2D eigenvalue weighted by Crippen LogP contribution is 2.31. The van der Waals surface area contributed by atoms with Gasteiger partial charge >= 0.3 is 0 Å². The fourth-order valence-electron chi connectivity index (χ4n) is 2.64. The van der Waals surface area contributed by atoms with Crippen LogP contribution in [-0.2, 0) is 15.3 Å². The average Bonchev–Trinajstić information content (AvgIpc) is 2.52. The molecule has 0 spiro atoms. The van der Waals surface area contributed by atoms with Gasteiger partial charge in [-0.1, -0.05) is 50.6 Å². The third-order valence-corrected chi connectivity index (χ3v) is 3.76. The summed E-state index contributed by atoms with van der Waals surface area (Å²) in [6.45, 7) is 8.80. The van der Waals surface area contributed by atoms with E-state index in [9.17, 15) is 0 Å². The van der Waals surface area contributed by atoms with E-state index in [1.54, 1.807) is 0 Å². The predicted molar refractivity (Wildman–Crippen MR) is 81.7 cm³/mol. The second-order valence-electron chi connectivity index (χ2n) is 5.45. The van der Waals surface area contributed by atoms with Gasteiger partial charge in [-0.25, -0.2) is 0 Å². The van der Waals surface area contributed by atoms with Gasteiger partial charge in [0.2, 0.25) is 5.79 Å². The van der Waals surface area contributed by atoms with Crippen LogP contribution >= 0.6 is 0 Å². The Bertz CT molecular complexity index is 382. The molecule has 1 heterocycles. The molecule has 1 atom stereocenters. The fraction of sp³-hybridized carbons (Fsp3) is 0.647. The first kappa shape index (κ1) is 15.5. The molecule has 0 N–H and O–H groups in total. The van der Waals surface area contributed by atoms with E-state index in [2.05, 4.69) is 43.0 Å². The molecular weight excluding hydrogens is 250 g/mol. The number of benzene rings is 1. The topological polar surface area (TPSA) is 21.7 Å². The SMILES string of the molecule is CCCCN1CCOC(OCCC)(c2ccccc2)C1. The molecule has 1 saturated heterocycles.